The maximum atomic E-state index is 9.21. The average molecular weight is 746 g/mol. The standard InChI is InChI=1S/C56H38N2/c1-2-15-39(16-3-1)44-21-12-22-47(38-44)57(46-35-33-41(34-36-46)45-32-31-40-17-4-5-19-43(40)37-45)53-27-10-8-24-49(53)50-26-14-30-55-56(50)51-25-9-11-28-54(51)58(55)52-29-13-20-42-18-6-7-23-48(42)52/h1-38H/i4D,5D,17D,19D,31D,32D,37D. The van der Waals surface area contributed by atoms with Crippen molar-refractivity contribution in [3.05, 3.63) is 230 Å². The van der Waals surface area contributed by atoms with Gasteiger partial charge in [0.2, 0.25) is 0 Å². The van der Waals surface area contributed by atoms with E-state index in [4.69, 9.17) is 8.22 Å². The summed E-state index contributed by atoms with van der Waals surface area (Å²) in [7, 11) is 0. The van der Waals surface area contributed by atoms with E-state index in [0.717, 1.165) is 66.8 Å². The maximum Gasteiger partial charge on any atom is 0.0636 e. The number of nitrogens with zero attached hydrogens (tertiary/aromatic N) is 2. The monoisotopic (exact) mass is 745 g/mol. The van der Waals surface area contributed by atoms with Gasteiger partial charge in [-0.1, -0.05) is 176 Å². The van der Waals surface area contributed by atoms with Gasteiger partial charge in [-0.05, 0) is 98.5 Å². The van der Waals surface area contributed by atoms with Gasteiger partial charge in [0, 0.05) is 33.1 Å². The van der Waals surface area contributed by atoms with Crippen LogP contribution in [-0.2, 0) is 0 Å². The molecule has 0 saturated heterocycles. The maximum absolute atomic E-state index is 9.21. The summed E-state index contributed by atoms with van der Waals surface area (Å²) in [4.78, 5) is 2.23. The number of hydrogen-bond donors (Lipinski definition) is 0. The molecule has 10 aromatic carbocycles. The molecule has 1 aromatic heterocycles. The van der Waals surface area contributed by atoms with Crippen LogP contribution >= 0.6 is 0 Å². The van der Waals surface area contributed by atoms with E-state index in [1.807, 2.05) is 48.5 Å². The number of fused-ring (bicyclic) bond motifs is 5. The zero-order chi connectivity index (χ0) is 44.5. The lowest BCUT2D eigenvalue weighted by Crippen LogP contribution is -2.11. The molecule has 0 aliphatic heterocycles. The van der Waals surface area contributed by atoms with Gasteiger partial charge < -0.3 is 9.47 Å². The minimum absolute atomic E-state index is 0.0691. The normalized spacial score (nSPS) is 13.1. The summed E-state index contributed by atoms with van der Waals surface area (Å²) < 4.78 is 63.1. The van der Waals surface area contributed by atoms with Crippen molar-refractivity contribution in [1.29, 1.82) is 0 Å². The van der Waals surface area contributed by atoms with Crippen molar-refractivity contribution in [2.24, 2.45) is 0 Å². The van der Waals surface area contributed by atoms with E-state index in [1.54, 1.807) is 0 Å². The van der Waals surface area contributed by atoms with Gasteiger partial charge in [-0.2, -0.15) is 0 Å². The third-order valence-electron chi connectivity index (χ3n) is 11.0. The van der Waals surface area contributed by atoms with Crippen LogP contribution in [0.2, 0.25) is 0 Å². The Morgan fingerprint density at radius 3 is 1.95 bits per heavy atom. The number of hydrogen-bond acceptors (Lipinski definition) is 1. The molecule has 0 N–H and O–H groups in total. The van der Waals surface area contributed by atoms with Crippen LogP contribution in [0, 0.1) is 0 Å². The molecule has 2 heteroatoms. The molecular formula is C56H38N2. The summed E-state index contributed by atoms with van der Waals surface area (Å²) >= 11 is 0. The summed E-state index contributed by atoms with van der Waals surface area (Å²) in [5.74, 6) is 0. The Morgan fingerprint density at radius 2 is 1.05 bits per heavy atom. The van der Waals surface area contributed by atoms with E-state index in [0.29, 0.717) is 5.56 Å². The van der Waals surface area contributed by atoms with Crippen molar-refractivity contribution in [2.45, 2.75) is 0 Å². The molecule has 0 amide bonds. The second kappa shape index (κ2) is 14.1. The Bertz CT molecular complexity index is 3690. The highest BCUT2D eigenvalue weighted by molar-refractivity contribution is 6.17. The molecule has 1 heterocycles. The lowest BCUT2D eigenvalue weighted by Gasteiger charge is -2.28. The number of aromatic nitrogens is 1. The fourth-order valence-electron chi connectivity index (χ4n) is 8.39. The summed E-state index contributed by atoms with van der Waals surface area (Å²) in [5, 5.41) is 4.40. The van der Waals surface area contributed by atoms with Crippen LogP contribution in [0.1, 0.15) is 9.60 Å². The predicted octanol–water partition coefficient (Wildman–Crippen LogP) is 15.6. The lowest BCUT2D eigenvalue weighted by molar-refractivity contribution is 1.20. The molecule has 0 radical (unpaired) electrons. The molecule has 0 unspecified atom stereocenters. The molecular weight excluding hydrogens is 701 g/mol. The predicted molar refractivity (Wildman–Crippen MR) is 247 cm³/mol. The van der Waals surface area contributed by atoms with Gasteiger partial charge in [-0.25, -0.2) is 0 Å². The number of rotatable bonds is 7. The van der Waals surface area contributed by atoms with Crippen molar-refractivity contribution < 1.29 is 9.60 Å². The number of para-hydroxylation sites is 2. The second-order valence-corrected chi connectivity index (χ2v) is 14.4. The highest BCUT2D eigenvalue weighted by Crippen LogP contribution is 2.46. The Labute approximate surface area is 348 Å². The first-order valence-electron chi connectivity index (χ1n) is 22.9. The molecule has 0 fully saturated rings. The zero-order valence-electron chi connectivity index (χ0n) is 38.3. The van der Waals surface area contributed by atoms with Crippen LogP contribution < -0.4 is 4.90 Å². The van der Waals surface area contributed by atoms with Crippen LogP contribution in [0.3, 0.4) is 0 Å². The van der Waals surface area contributed by atoms with E-state index >= 15 is 0 Å². The zero-order valence-corrected chi connectivity index (χ0v) is 31.3. The van der Waals surface area contributed by atoms with E-state index in [2.05, 4.69) is 149 Å². The van der Waals surface area contributed by atoms with Crippen LogP contribution in [0.15, 0.2) is 230 Å². The van der Waals surface area contributed by atoms with Crippen LogP contribution in [0.4, 0.5) is 17.1 Å². The smallest absolute Gasteiger partial charge is 0.0636 e. The van der Waals surface area contributed by atoms with Gasteiger partial charge in [0.1, 0.15) is 0 Å². The topological polar surface area (TPSA) is 8.17 Å². The van der Waals surface area contributed by atoms with Crippen molar-refractivity contribution in [1.82, 2.24) is 4.57 Å². The Kier molecular flexibility index (Phi) is 6.57. The van der Waals surface area contributed by atoms with Crippen LogP contribution in [0.25, 0.3) is 82.4 Å². The lowest BCUT2D eigenvalue weighted by atomic mass is 9.96. The van der Waals surface area contributed by atoms with E-state index in [9.17, 15) is 1.37 Å². The van der Waals surface area contributed by atoms with Gasteiger partial charge in [0.25, 0.3) is 0 Å². The van der Waals surface area contributed by atoms with E-state index in [-0.39, 0.29) is 34.5 Å². The Balaban J connectivity index is 1.13. The molecule has 0 saturated carbocycles. The van der Waals surface area contributed by atoms with Gasteiger partial charge in [0.05, 0.1) is 32.0 Å². The minimum Gasteiger partial charge on any atom is -0.310 e. The molecule has 0 aliphatic rings. The van der Waals surface area contributed by atoms with Gasteiger partial charge in [0.15, 0.2) is 0 Å². The molecule has 11 aromatic rings. The van der Waals surface area contributed by atoms with Crippen LogP contribution in [-0.4, -0.2) is 4.57 Å². The molecule has 0 atom stereocenters. The fraction of sp³-hybridized carbons (Fsp3) is 0. The number of benzene rings is 10. The summed E-state index contributed by atoms with van der Waals surface area (Å²) in [5.41, 5.74) is 10.8. The SMILES string of the molecule is [2H]c1c([2H])c([2H])c2c([2H])c(-c3ccc(N(c4cccc(-c5ccccc5)c4)c4ccccc4-c4cccc5c4c4ccccc4n5-c4cccc5ccccc45)cc3)c([2H])c([2H])c2c1[2H]. The molecule has 0 aliphatic carbocycles. The third kappa shape index (κ3) is 5.74. The molecule has 58 heavy (non-hydrogen) atoms. The van der Waals surface area contributed by atoms with Crippen molar-refractivity contribution in [3.8, 4) is 39.1 Å². The Morgan fingerprint density at radius 1 is 0.397 bits per heavy atom. The summed E-state index contributed by atoms with van der Waals surface area (Å²) in [6.07, 6.45) is 0. The number of anilines is 3. The van der Waals surface area contributed by atoms with Crippen molar-refractivity contribution in [2.75, 3.05) is 4.90 Å². The molecule has 0 spiro atoms. The first kappa shape index (κ1) is 27.0. The summed E-state index contributed by atoms with van der Waals surface area (Å²) in [6, 6.07) is 62.1. The molecule has 272 valence electrons. The first-order chi connectivity index (χ1) is 31.7. The van der Waals surface area contributed by atoms with Crippen LogP contribution in [0.5, 0.6) is 0 Å². The Hall–Kier alpha value is -7.68. The van der Waals surface area contributed by atoms with E-state index in [1.165, 1.54) is 10.8 Å². The molecule has 11 rings (SSSR count). The minimum atomic E-state index is -0.490. The average Bonchev–Trinajstić information content (AvgIpc) is 3.69. The summed E-state index contributed by atoms with van der Waals surface area (Å²) in [6.45, 7) is 0. The van der Waals surface area contributed by atoms with Crippen molar-refractivity contribution in [3.63, 3.8) is 0 Å². The highest BCUT2D eigenvalue weighted by atomic mass is 15.1. The third-order valence-corrected chi connectivity index (χ3v) is 11.0. The van der Waals surface area contributed by atoms with Crippen molar-refractivity contribution >= 4 is 60.4 Å². The first-order valence-corrected chi connectivity index (χ1v) is 19.4. The van der Waals surface area contributed by atoms with Gasteiger partial charge >= 0.3 is 0 Å². The molecule has 2 nitrogen and oxygen atoms in total. The quantitative estimate of drug-likeness (QED) is 0.158. The van der Waals surface area contributed by atoms with E-state index < -0.39 is 24.2 Å². The van der Waals surface area contributed by atoms with Gasteiger partial charge in [-0.3, -0.25) is 0 Å². The molecule has 0 bridgehead atoms. The largest absolute Gasteiger partial charge is 0.310 e. The van der Waals surface area contributed by atoms with Gasteiger partial charge in [-0.15, -0.1) is 0 Å². The highest BCUT2D eigenvalue weighted by Gasteiger charge is 2.22. The fourth-order valence-corrected chi connectivity index (χ4v) is 8.39. The second-order valence-electron chi connectivity index (χ2n) is 14.4.